The van der Waals surface area contributed by atoms with Crippen molar-refractivity contribution in [1.29, 1.82) is 0 Å². The summed E-state index contributed by atoms with van der Waals surface area (Å²) in [4.78, 5) is 3.65. The van der Waals surface area contributed by atoms with Gasteiger partial charge in [-0.3, -0.25) is 4.98 Å². The number of hydrogen-bond donors (Lipinski definition) is 1. The molecule has 2 aromatic heterocycles. The lowest BCUT2D eigenvalue weighted by Gasteiger charge is -2.18. The van der Waals surface area contributed by atoms with Crippen LogP contribution >= 0.6 is 11.3 Å². The quantitative estimate of drug-likeness (QED) is 0.666. The lowest BCUT2D eigenvalue weighted by atomic mass is 10.2. The molecule has 0 radical (unpaired) electrons. The van der Waals surface area contributed by atoms with Crippen molar-refractivity contribution in [3.8, 4) is 0 Å². The van der Waals surface area contributed by atoms with Crippen LogP contribution in [0.25, 0.3) is 0 Å². The first kappa shape index (κ1) is 20.1. The summed E-state index contributed by atoms with van der Waals surface area (Å²) in [5.74, 6) is -0.930. The van der Waals surface area contributed by atoms with Crippen molar-refractivity contribution >= 4 is 41.0 Å². The van der Waals surface area contributed by atoms with Crippen LogP contribution in [0, 0.1) is 0 Å². The maximum Gasteiger partial charge on any atom is 0.237 e. The van der Waals surface area contributed by atoms with Gasteiger partial charge in [-0.2, -0.15) is 0 Å². The van der Waals surface area contributed by atoms with Crippen LogP contribution in [-0.4, -0.2) is 48.3 Å². The molecule has 146 valence electrons. The number of nitrogens with one attached hydrogen (secondary N) is 1. The van der Waals surface area contributed by atoms with E-state index in [1.165, 1.54) is 18.5 Å². The molecule has 0 aliphatic carbocycles. The third-order valence-electron chi connectivity index (χ3n) is 3.94. The van der Waals surface area contributed by atoms with Crippen molar-refractivity contribution < 1.29 is 25.3 Å². The SMILES string of the molecule is O=S1(=O)CC=C(S(=O)(=O)NCC(c2cccnc2)S(=O)(=O)c2cccs2)C1. The number of nitrogens with zero attached hydrogens (tertiary/aromatic N) is 1. The molecule has 0 saturated carbocycles. The summed E-state index contributed by atoms with van der Waals surface area (Å²) in [5.41, 5.74) is 0.335. The lowest BCUT2D eigenvalue weighted by Crippen LogP contribution is -2.33. The molecule has 27 heavy (non-hydrogen) atoms. The highest BCUT2D eigenvalue weighted by Gasteiger charge is 2.34. The van der Waals surface area contributed by atoms with Gasteiger partial charge in [-0.05, 0) is 23.1 Å². The third-order valence-corrected chi connectivity index (χ3v) is 10.6. The number of rotatable bonds is 7. The van der Waals surface area contributed by atoms with Crippen molar-refractivity contribution in [1.82, 2.24) is 9.71 Å². The van der Waals surface area contributed by atoms with Crippen LogP contribution in [0.4, 0.5) is 0 Å². The molecular weight excluding hydrogens is 432 g/mol. The largest absolute Gasteiger partial charge is 0.264 e. The third kappa shape index (κ3) is 4.46. The van der Waals surface area contributed by atoms with Crippen molar-refractivity contribution in [3.05, 3.63) is 58.6 Å². The summed E-state index contributed by atoms with van der Waals surface area (Å²) in [7, 11) is -11.4. The predicted octanol–water partition coefficient (Wildman–Crippen LogP) is 0.890. The number of thiophene rings is 1. The molecule has 1 aliphatic heterocycles. The van der Waals surface area contributed by atoms with Crippen LogP contribution in [-0.2, 0) is 29.7 Å². The van der Waals surface area contributed by atoms with Crippen LogP contribution in [0.3, 0.4) is 0 Å². The van der Waals surface area contributed by atoms with E-state index in [0.29, 0.717) is 5.56 Å². The van der Waals surface area contributed by atoms with Gasteiger partial charge in [0.15, 0.2) is 19.7 Å². The van der Waals surface area contributed by atoms with Crippen LogP contribution in [0.15, 0.2) is 57.2 Å². The minimum absolute atomic E-state index is 0.109. The average Bonchev–Trinajstić information content (AvgIpc) is 3.26. The van der Waals surface area contributed by atoms with E-state index >= 15 is 0 Å². The van der Waals surface area contributed by atoms with E-state index in [0.717, 1.165) is 17.4 Å². The fraction of sp³-hybridized carbons (Fsp3) is 0.267. The summed E-state index contributed by atoms with van der Waals surface area (Å²) in [5, 5.41) is 0.421. The maximum atomic E-state index is 13.0. The fourth-order valence-corrected chi connectivity index (χ4v) is 8.78. The summed E-state index contributed by atoms with van der Waals surface area (Å²) in [6.07, 6.45) is 3.98. The van der Waals surface area contributed by atoms with Gasteiger partial charge in [0.1, 0.15) is 9.46 Å². The van der Waals surface area contributed by atoms with E-state index in [9.17, 15) is 25.3 Å². The van der Waals surface area contributed by atoms with Crippen molar-refractivity contribution in [2.75, 3.05) is 18.1 Å². The summed E-state index contributed by atoms with van der Waals surface area (Å²) in [6.45, 7) is -0.439. The van der Waals surface area contributed by atoms with Gasteiger partial charge < -0.3 is 0 Å². The predicted molar refractivity (Wildman–Crippen MR) is 102 cm³/mol. The van der Waals surface area contributed by atoms with Gasteiger partial charge >= 0.3 is 0 Å². The van der Waals surface area contributed by atoms with E-state index in [2.05, 4.69) is 9.71 Å². The Labute approximate surface area is 161 Å². The Balaban J connectivity index is 1.90. The van der Waals surface area contributed by atoms with Gasteiger partial charge in [0.2, 0.25) is 10.0 Å². The minimum atomic E-state index is -4.11. The van der Waals surface area contributed by atoms with Crippen molar-refractivity contribution in [3.63, 3.8) is 0 Å². The molecule has 0 fully saturated rings. The van der Waals surface area contributed by atoms with Gasteiger partial charge in [-0.1, -0.05) is 18.2 Å². The zero-order valence-electron chi connectivity index (χ0n) is 13.8. The molecule has 0 spiro atoms. The van der Waals surface area contributed by atoms with Crippen LogP contribution in [0.1, 0.15) is 10.8 Å². The number of pyridine rings is 1. The van der Waals surface area contributed by atoms with E-state index in [1.54, 1.807) is 23.6 Å². The minimum Gasteiger partial charge on any atom is -0.264 e. The Morgan fingerprint density at radius 1 is 1.19 bits per heavy atom. The second kappa shape index (κ2) is 7.43. The van der Waals surface area contributed by atoms with Crippen LogP contribution < -0.4 is 4.72 Å². The van der Waals surface area contributed by atoms with E-state index in [-0.39, 0.29) is 14.9 Å². The highest BCUT2D eigenvalue weighted by molar-refractivity contribution is 7.98. The molecular formula is C15H16N2O6S4. The highest BCUT2D eigenvalue weighted by Crippen LogP contribution is 2.31. The zero-order valence-corrected chi connectivity index (χ0v) is 17.1. The lowest BCUT2D eigenvalue weighted by molar-refractivity contribution is 0.572. The van der Waals surface area contributed by atoms with Crippen LogP contribution in [0.5, 0.6) is 0 Å². The van der Waals surface area contributed by atoms with Crippen molar-refractivity contribution in [2.24, 2.45) is 0 Å². The van der Waals surface area contributed by atoms with Gasteiger partial charge in [0.05, 0.1) is 16.4 Å². The van der Waals surface area contributed by atoms with Crippen LogP contribution in [0.2, 0.25) is 0 Å². The topological polar surface area (TPSA) is 127 Å². The first-order valence-electron chi connectivity index (χ1n) is 7.68. The molecule has 1 N–H and O–H groups in total. The molecule has 3 rings (SSSR count). The normalized spacial score (nSPS) is 18.1. The smallest absolute Gasteiger partial charge is 0.237 e. The number of aromatic nitrogens is 1. The number of hydrogen-bond acceptors (Lipinski definition) is 8. The molecule has 2 aromatic rings. The Kier molecular flexibility index (Phi) is 5.54. The molecule has 1 aliphatic rings. The summed E-state index contributed by atoms with van der Waals surface area (Å²) < 4.78 is 76.2. The Bertz CT molecular complexity index is 1150. The monoisotopic (exact) mass is 448 g/mol. The first-order chi connectivity index (χ1) is 12.6. The standard InChI is InChI=1S/C15H16N2O6S4/c18-25(19)8-5-13(11-25)27(22,23)17-10-14(12-3-1-6-16-9-12)26(20,21)15-4-2-7-24-15/h1-7,9,14,17H,8,10-11H2. The molecule has 8 nitrogen and oxygen atoms in total. The second-order valence-electron chi connectivity index (χ2n) is 5.83. The van der Waals surface area contributed by atoms with E-state index in [1.807, 2.05) is 0 Å². The van der Waals surface area contributed by atoms with E-state index in [4.69, 9.17) is 0 Å². The summed E-state index contributed by atoms with van der Waals surface area (Å²) in [6, 6.07) is 6.16. The molecule has 0 aromatic carbocycles. The average molecular weight is 449 g/mol. The van der Waals surface area contributed by atoms with Gasteiger partial charge in [0, 0.05) is 18.9 Å². The molecule has 0 saturated heterocycles. The van der Waals surface area contributed by atoms with Crippen molar-refractivity contribution in [2.45, 2.75) is 9.46 Å². The maximum absolute atomic E-state index is 13.0. The first-order valence-corrected chi connectivity index (χ1v) is 13.4. The fourth-order valence-electron chi connectivity index (χ4n) is 2.56. The molecule has 0 amide bonds. The number of sulfone groups is 2. The molecule has 1 unspecified atom stereocenters. The Morgan fingerprint density at radius 3 is 2.52 bits per heavy atom. The number of sulfonamides is 1. The molecule has 1 atom stereocenters. The molecule has 3 heterocycles. The van der Waals surface area contributed by atoms with Gasteiger partial charge in [-0.25, -0.2) is 30.0 Å². The molecule has 0 bridgehead atoms. The molecule has 12 heteroatoms. The Hall–Kier alpha value is -1.60. The highest BCUT2D eigenvalue weighted by atomic mass is 32.2. The second-order valence-corrected chi connectivity index (χ2v) is 13.1. The van der Waals surface area contributed by atoms with Gasteiger partial charge in [-0.15, -0.1) is 11.3 Å². The zero-order chi connectivity index (χ0) is 19.7. The Morgan fingerprint density at radius 2 is 1.96 bits per heavy atom. The summed E-state index contributed by atoms with van der Waals surface area (Å²) >= 11 is 1.03. The van der Waals surface area contributed by atoms with E-state index < -0.39 is 47.2 Å². The van der Waals surface area contributed by atoms with Gasteiger partial charge in [0.25, 0.3) is 0 Å².